The number of fused-ring (bicyclic) bond motifs is 1. The van der Waals surface area contributed by atoms with Crippen molar-refractivity contribution in [2.75, 3.05) is 20.1 Å². The van der Waals surface area contributed by atoms with Crippen molar-refractivity contribution < 1.29 is 9.18 Å². The fourth-order valence-corrected chi connectivity index (χ4v) is 4.32. The second kappa shape index (κ2) is 8.19. The van der Waals surface area contributed by atoms with Crippen LogP contribution >= 0.6 is 0 Å². The van der Waals surface area contributed by atoms with Gasteiger partial charge in [-0.15, -0.1) is 0 Å². The second-order valence-electron chi connectivity index (χ2n) is 8.50. The number of para-hydroxylation sites is 2. The van der Waals surface area contributed by atoms with E-state index < -0.39 is 5.82 Å². The van der Waals surface area contributed by atoms with E-state index in [1.165, 1.54) is 6.07 Å². The predicted octanol–water partition coefficient (Wildman–Crippen LogP) is 4.09. The molecule has 4 rings (SSSR count). The summed E-state index contributed by atoms with van der Waals surface area (Å²) < 4.78 is 17.0. The van der Waals surface area contributed by atoms with Gasteiger partial charge >= 0.3 is 0 Å². The van der Waals surface area contributed by atoms with E-state index in [2.05, 4.69) is 28.3 Å². The standard InChI is InChI=1S/C24H29FN4O/c1-16(2)28-12-11-19(15-28)27(4)24(30)20-10-9-18(13-21(20)25)14-29-17(3)26-22-7-5-6-8-23(22)29/h5-10,13,16,19H,11-12,14-15H2,1-4H3. The highest BCUT2D eigenvalue weighted by molar-refractivity contribution is 5.94. The topological polar surface area (TPSA) is 41.4 Å². The van der Waals surface area contributed by atoms with Gasteiger partial charge in [-0.2, -0.15) is 0 Å². The maximum Gasteiger partial charge on any atom is 0.256 e. The Morgan fingerprint density at radius 2 is 2.03 bits per heavy atom. The van der Waals surface area contributed by atoms with Crippen molar-refractivity contribution in [3.63, 3.8) is 0 Å². The summed E-state index contributed by atoms with van der Waals surface area (Å²) in [7, 11) is 1.78. The average molecular weight is 409 g/mol. The van der Waals surface area contributed by atoms with Crippen molar-refractivity contribution in [3.05, 3.63) is 65.2 Å². The normalized spacial score (nSPS) is 17.2. The maximum atomic E-state index is 14.9. The number of benzene rings is 2. The Bertz CT molecular complexity index is 1070. The van der Waals surface area contributed by atoms with Gasteiger partial charge in [-0.3, -0.25) is 9.69 Å². The Labute approximate surface area is 177 Å². The SMILES string of the molecule is Cc1nc2ccccc2n1Cc1ccc(C(=O)N(C)C2CCN(C(C)C)C2)c(F)c1. The highest BCUT2D eigenvalue weighted by Crippen LogP contribution is 2.22. The molecule has 158 valence electrons. The first-order valence-corrected chi connectivity index (χ1v) is 10.6. The van der Waals surface area contributed by atoms with Crippen molar-refractivity contribution in [2.24, 2.45) is 0 Å². The number of aromatic nitrogens is 2. The van der Waals surface area contributed by atoms with Crippen molar-refractivity contribution >= 4 is 16.9 Å². The molecule has 1 aliphatic heterocycles. The fraction of sp³-hybridized carbons (Fsp3) is 0.417. The zero-order chi connectivity index (χ0) is 21.4. The molecule has 0 spiro atoms. The van der Waals surface area contributed by atoms with Crippen LogP contribution in [0.25, 0.3) is 11.0 Å². The summed E-state index contributed by atoms with van der Waals surface area (Å²) in [5, 5.41) is 0. The first-order valence-electron chi connectivity index (χ1n) is 10.6. The van der Waals surface area contributed by atoms with Gasteiger partial charge in [0.1, 0.15) is 11.6 Å². The minimum absolute atomic E-state index is 0.124. The van der Waals surface area contributed by atoms with Gasteiger partial charge in [0.25, 0.3) is 5.91 Å². The molecule has 0 bridgehead atoms. The molecule has 1 unspecified atom stereocenters. The molecule has 1 aliphatic rings. The third-order valence-corrected chi connectivity index (χ3v) is 6.24. The third-order valence-electron chi connectivity index (χ3n) is 6.24. The molecule has 30 heavy (non-hydrogen) atoms. The van der Waals surface area contributed by atoms with E-state index in [9.17, 15) is 9.18 Å². The summed E-state index contributed by atoms with van der Waals surface area (Å²) in [5.74, 6) is 0.163. The monoisotopic (exact) mass is 408 g/mol. The minimum Gasteiger partial charge on any atom is -0.337 e. The lowest BCUT2D eigenvalue weighted by Gasteiger charge is -2.26. The van der Waals surface area contributed by atoms with Crippen LogP contribution in [0.1, 0.15) is 42.0 Å². The molecular formula is C24H29FN4O. The first-order chi connectivity index (χ1) is 14.3. The number of carbonyl (C=O) groups excluding carboxylic acids is 1. The molecule has 5 nitrogen and oxygen atoms in total. The van der Waals surface area contributed by atoms with Crippen LogP contribution in [0.15, 0.2) is 42.5 Å². The number of imidazole rings is 1. The number of halogens is 1. The van der Waals surface area contributed by atoms with Gasteiger partial charge < -0.3 is 9.47 Å². The molecule has 1 atom stereocenters. The lowest BCUT2D eigenvalue weighted by Crippen LogP contribution is -2.40. The zero-order valence-electron chi connectivity index (χ0n) is 18.1. The summed E-state index contributed by atoms with van der Waals surface area (Å²) in [6.07, 6.45) is 0.924. The summed E-state index contributed by atoms with van der Waals surface area (Å²) in [5.41, 5.74) is 2.89. The van der Waals surface area contributed by atoms with Crippen LogP contribution in [0.2, 0.25) is 0 Å². The number of nitrogens with zero attached hydrogens (tertiary/aromatic N) is 4. The second-order valence-corrected chi connectivity index (χ2v) is 8.50. The van der Waals surface area contributed by atoms with Crippen LogP contribution in [0, 0.1) is 12.7 Å². The summed E-state index contributed by atoms with van der Waals surface area (Å²) in [4.78, 5) is 21.6. The Morgan fingerprint density at radius 1 is 1.27 bits per heavy atom. The minimum atomic E-state index is -0.467. The summed E-state index contributed by atoms with van der Waals surface area (Å²) in [6, 6.07) is 13.4. The number of likely N-dealkylation sites (N-methyl/N-ethyl adjacent to an activating group) is 1. The molecule has 1 amide bonds. The van der Waals surface area contributed by atoms with E-state index in [4.69, 9.17) is 0 Å². The number of rotatable bonds is 5. The van der Waals surface area contributed by atoms with E-state index in [0.29, 0.717) is 12.6 Å². The molecular weight excluding hydrogens is 379 g/mol. The van der Waals surface area contributed by atoms with E-state index in [0.717, 1.165) is 41.9 Å². The quantitative estimate of drug-likeness (QED) is 0.639. The number of hydrogen-bond acceptors (Lipinski definition) is 3. The van der Waals surface area contributed by atoms with Gasteiger partial charge in [-0.1, -0.05) is 18.2 Å². The molecule has 0 aliphatic carbocycles. The molecule has 2 aromatic carbocycles. The van der Waals surface area contributed by atoms with Crippen LogP contribution in [-0.2, 0) is 6.54 Å². The lowest BCUT2D eigenvalue weighted by molar-refractivity contribution is 0.0727. The van der Waals surface area contributed by atoms with E-state index in [-0.39, 0.29) is 17.5 Å². The molecule has 6 heteroatoms. The first kappa shape index (κ1) is 20.5. The van der Waals surface area contributed by atoms with Gasteiger partial charge in [0.15, 0.2) is 0 Å². The molecule has 2 heterocycles. The van der Waals surface area contributed by atoms with Crippen molar-refractivity contribution in [1.29, 1.82) is 0 Å². The Kier molecular flexibility index (Phi) is 5.60. The zero-order valence-corrected chi connectivity index (χ0v) is 18.1. The highest BCUT2D eigenvalue weighted by Gasteiger charge is 2.30. The molecule has 0 saturated carbocycles. The fourth-order valence-electron chi connectivity index (χ4n) is 4.32. The van der Waals surface area contributed by atoms with Gasteiger partial charge in [-0.05, 0) is 57.0 Å². The van der Waals surface area contributed by atoms with Gasteiger partial charge in [0, 0.05) is 38.8 Å². The van der Waals surface area contributed by atoms with Gasteiger partial charge in [-0.25, -0.2) is 9.37 Å². The van der Waals surface area contributed by atoms with E-state index >= 15 is 0 Å². The van der Waals surface area contributed by atoms with Crippen LogP contribution in [0.4, 0.5) is 4.39 Å². The van der Waals surface area contributed by atoms with Crippen molar-refractivity contribution in [2.45, 2.75) is 45.8 Å². The van der Waals surface area contributed by atoms with Gasteiger partial charge in [0.2, 0.25) is 0 Å². The number of hydrogen-bond donors (Lipinski definition) is 0. The molecule has 0 radical (unpaired) electrons. The van der Waals surface area contributed by atoms with Crippen LogP contribution in [0.5, 0.6) is 0 Å². The Hall–Kier alpha value is -2.73. The molecule has 3 aromatic rings. The molecule has 1 saturated heterocycles. The summed E-state index contributed by atoms with van der Waals surface area (Å²) in [6.45, 7) is 8.60. The number of amides is 1. The van der Waals surface area contributed by atoms with Gasteiger partial charge in [0.05, 0.1) is 16.6 Å². The van der Waals surface area contributed by atoms with E-state index in [1.807, 2.05) is 37.3 Å². The van der Waals surface area contributed by atoms with E-state index in [1.54, 1.807) is 18.0 Å². The van der Waals surface area contributed by atoms with Crippen LogP contribution < -0.4 is 0 Å². The van der Waals surface area contributed by atoms with Crippen LogP contribution in [-0.4, -0.2) is 57.5 Å². The largest absolute Gasteiger partial charge is 0.337 e. The highest BCUT2D eigenvalue weighted by atomic mass is 19.1. The average Bonchev–Trinajstić information content (AvgIpc) is 3.33. The smallest absolute Gasteiger partial charge is 0.256 e. The number of aryl methyl sites for hydroxylation is 1. The third kappa shape index (κ3) is 3.84. The maximum absolute atomic E-state index is 14.9. The predicted molar refractivity (Wildman–Crippen MR) is 117 cm³/mol. The van der Waals surface area contributed by atoms with Crippen molar-refractivity contribution in [1.82, 2.24) is 19.4 Å². The van der Waals surface area contributed by atoms with Crippen molar-refractivity contribution in [3.8, 4) is 0 Å². The Morgan fingerprint density at radius 3 is 2.73 bits per heavy atom. The lowest BCUT2D eigenvalue weighted by atomic mass is 10.1. The number of carbonyl (C=O) groups is 1. The summed E-state index contributed by atoms with van der Waals surface area (Å²) >= 11 is 0. The van der Waals surface area contributed by atoms with Crippen LogP contribution in [0.3, 0.4) is 0 Å². The number of likely N-dealkylation sites (tertiary alicyclic amines) is 1. The molecule has 0 N–H and O–H groups in total. The molecule has 1 fully saturated rings. The molecule has 1 aromatic heterocycles. The Balaban J connectivity index is 1.52.